The second-order valence-electron chi connectivity index (χ2n) is 9.08. The first-order chi connectivity index (χ1) is 15.5. The van der Waals surface area contributed by atoms with Gasteiger partial charge in [-0.15, -0.1) is 0 Å². The number of likely N-dealkylation sites (tertiary alicyclic amines) is 1. The van der Waals surface area contributed by atoms with Gasteiger partial charge in [-0.05, 0) is 73.6 Å². The Morgan fingerprint density at radius 2 is 1.41 bits per heavy atom. The maximum Gasteiger partial charge on any atom is 0.282 e. The summed E-state index contributed by atoms with van der Waals surface area (Å²) in [4.78, 5) is 32.9. The fraction of sp³-hybridized carbons (Fsp3) is 0.385. The third-order valence-corrected chi connectivity index (χ3v) is 6.74. The van der Waals surface area contributed by atoms with Gasteiger partial charge in [-0.1, -0.05) is 19.1 Å². The average molecular weight is 434 g/mol. The first-order valence-electron chi connectivity index (χ1n) is 11.5. The van der Waals surface area contributed by atoms with E-state index in [4.69, 9.17) is 0 Å². The predicted octanol–water partition coefficient (Wildman–Crippen LogP) is 4.44. The summed E-state index contributed by atoms with van der Waals surface area (Å²) in [6, 6.07) is 13.5. The standard InChI is InChI=1S/C26H28FN3O2/c1-18-5-4-16-29(17-18)24-23(19-6-8-20(27)9-7-19)25(31)30(26(24)32)22-12-10-21(11-13-22)28-14-2-3-15-28/h6-13,18H,2-5,14-17H2,1H3. The fourth-order valence-electron chi connectivity index (χ4n) is 5.10. The van der Waals surface area contributed by atoms with Gasteiger partial charge in [0.15, 0.2) is 0 Å². The van der Waals surface area contributed by atoms with Crippen molar-refractivity contribution in [2.45, 2.75) is 32.6 Å². The zero-order chi connectivity index (χ0) is 22.2. The molecule has 2 fully saturated rings. The molecule has 0 spiro atoms. The van der Waals surface area contributed by atoms with E-state index in [1.807, 2.05) is 29.2 Å². The van der Waals surface area contributed by atoms with Crippen molar-refractivity contribution >= 4 is 28.8 Å². The minimum absolute atomic E-state index is 0.294. The van der Waals surface area contributed by atoms with Crippen molar-refractivity contribution in [3.05, 3.63) is 65.6 Å². The summed E-state index contributed by atoms with van der Waals surface area (Å²) in [6.45, 7) is 5.72. The van der Waals surface area contributed by atoms with Crippen LogP contribution in [0.15, 0.2) is 54.2 Å². The first-order valence-corrected chi connectivity index (χ1v) is 11.5. The quantitative estimate of drug-likeness (QED) is 0.669. The summed E-state index contributed by atoms with van der Waals surface area (Å²) in [7, 11) is 0. The number of amides is 2. The average Bonchev–Trinajstić information content (AvgIpc) is 3.41. The van der Waals surface area contributed by atoms with Gasteiger partial charge in [0.25, 0.3) is 11.8 Å². The Balaban J connectivity index is 1.52. The number of hydrogen-bond acceptors (Lipinski definition) is 4. The molecule has 0 aromatic heterocycles. The van der Waals surface area contributed by atoms with E-state index in [9.17, 15) is 14.0 Å². The Kier molecular flexibility index (Phi) is 5.45. The highest BCUT2D eigenvalue weighted by atomic mass is 19.1. The van der Waals surface area contributed by atoms with Crippen LogP contribution in [0.25, 0.3) is 5.57 Å². The summed E-state index contributed by atoms with van der Waals surface area (Å²) in [5, 5.41) is 0. The van der Waals surface area contributed by atoms with Crippen molar-refractivity contribution < 1.29 is 14.0 Å². The molecular weight excluding hydrogens is 405 g/mol. The third-order valence-electron chi connectivity index (χ3n) is 6.74. The molecule has 166 valence electrons. The monoisotopic (exact) mass is 433 g/mol. The zero-order valence-electron chi connectivity index (χ0n) is 18.4. The van der Waals surface area contributed by atoms with Crippen molar-refractivity contribution in [2.24, 2.45) is 5.92 Å². The molecule has 0 aliphatic carbocycles. The molecule has 2 aromatic rings. The van der Waals surface area contributed by atoms with Crippen LogP contribution in [0, 0.1) is 11.7 Å². The maximum absolute atomic E-state index is 13.6. The molecule has 6 heteroatoms. The van der Waals surface area contributed by atoms with Crippen molar-refractivity contribution in [3.8, 4) is 0 Å². The van der Waals surface area contributed by atoms with Gasteiger partial charge in [0, 0.05) is 31.9 Å². The number of carbonyl (C=O) groups excluding carboxylic acids is 2. The summed E-state index contributed by atoms with van der Waals surface area (Å²) < 4.78 is 13.6. The first kappa shape index (κ1) is 20.7. The second-order valence-corrected chi connectivity index (χ2v) is 9.08. The SMILES string of the molecule is CC1CCCN(C2=C(c3ccc(F)cc3)C(=O)N(c3ccc(N4CCCC4)cc3)C2=O)C1. The van der Waals surface area contributed by atoms with Gasteiger partial charge in [0.1, 0.15) is 11.5 Å². The topological polar surface area (TPSA) is 43.9 Å². The molecule has 0 N–H and O–H groups in total. The Labute approximate surface area is 188 Å². The van der Waals surface area contributed by atoms with Gasteiger partial charge in [-0.25, -0.2) is 9.29 Å². The van der Waals surface area contributed by atoms with Crippen molar-refractivity contribution in [1.82, 2.24) is 4.90 Å². The number of imide groups is 1. The molecule has 3 heterocycles. The van der Waals surface area contributed by atoms with Crippen LogP contribution in [-0.2, 0) is 9.59 Å². The van der Waals surface area contributed by atoms with Crippen LogP contribution in [0.4, 0.5) is 15.8 Å². The minimum Gasteiger partial charge on any atom is -0.372 e. The third kappa shape index (κ3) is 3.68. The molecule has 1 unspecified atom stereocenters. The number of carbonyl (C=O) groups is 2. The molecule has 32 heavy (non-hydrogen) atoms. The van der Waals surface area contributed by atoms with Crippen LogP contribution < -0.4 is 9.80 Å². The van der Waals surface area contributed by atoms with Crippen LogP contribution in [0.3, 0.4) is 0 Å². The van der Waals surface area contributed by atoms with E-state index < -0.39 is 0 Å². The van der Waals surface area contributed by atoms with Crippen molar-refractivity contribution in [1.29, 1.82) is 0 Å². The number of hydrogen-bond donors (Lipinski definition) is 0. The molecule has 3 aliphatic heterocycles. The van der Waals surface area contributed by atoms with Crippen molar-refractivity contribution in [2.75, 3.05) is 36.0 Å². The van der Waals surface area contributed by atoms with Crippen molar-refractivity contribution in [3.63, 3.8) is 0 Å². The minimum atomic E-state index is -0.367. The highest BCUT2D eigenvalue weighted by molar-refractivity contribution is 6.45. The van der Waals surface area contributed by atoms with E-state index >= 15 is 0 Å². The molecule has 1 atom stereocenters. The zero-order valence-corrected chi connectivity index (χ0v) is 18.4. The van der Waals surface area contributed by atoms with Crippen LogP contribution >= 0.6 is 0 Å². The predicted molar refractivity (Wildman–Crippen MR) is 124 cm³/mol. The summed E-state index contributed by atoms with van der Waals surface area (Å²) >= 11 is 0. The highest BCUT2D eigenvalue weighted by Gasteiger charge is 2.43. The maximum atomic E-state index is 13.6. The van der Waals surface area contributed by atoms with Crippen LogP contribution in [0.1, 0.15) is 38.2 Å². The van der Waals surface area contributed by atoms with Gasteiger partial charge < -0.3 is 9.80 Å². The lowest BCUT2D eigenvalue weighted by Crippen LogP contribution is -2.39. The van der Waals surface area contributed by atoms with Crippen LogP contribution in [-0.4, -0.2) is 42.9 Å². The number of rotatable bonds is 4. The van der Waals surface area contributed by atoms with E-state index in [1.54, 1.807) is 12.1 Å². The van der Waals surface area contributed by atoms with Gasteiger partial charge in [-0.2, -0.15) is 0 Å². The van der Waals surface area contributed by atoms with E-state index in [-0.39, 0.29) is 17.6 Å². The lowest BCUT2D eigenvalue weighted by molar-refractivity contribution is -0.120. The number of anilines is 2. The summed E-state index contributed by atoms with van der Waals surface area (Å²) in [6.07, 6.45) is 4.47. The largest absolute Gasteiger partial charge is 0.372 e. The molecule has 0 saturated carbocycles. The smallest absolute Gasteiger partial charge is 0.282 e. The van der Waals surface area contributed by atoms with Gasteiger partial charge in [-0.3, -0.25) is 9.59 Å². The van der Waals surface area contributed by atoms with Crippen LogP contribution in [0.2, 0.25) is 0 Å². The Hall–Kier alpha value is -3.15. The van der Waals surface area contributed by atoms with Gasteiger partial charge >= 0.3 is 0 Å². The summed E-state index contributed by atoms with van der Waals surface area (Å²) in [5.41, 5.74) is 3.07. The molecule has 5 nitrogen and oxygen atoms in total. The van der Waals surface area contributed by atoms with E-state index in [1.165, 1.54) is 29.9 Å². The molecule has 3 aliphatic rings. The Morgan fingerprint density at radius 1 is 0.781 bits per heavy atom. The molecule has 2 saturated heterocycles. The Bertz CT molecular complexity index is 1060. The molecule has 0 radical (unpaired) electrons. The lowest BCUT2D eigenvalue weighted by Gasteiger charge is -2.33. The van der Waals surface area contributed by atoms with Crippen LogP contribution in [0.5, 0.6) is 0 Å². The second kappa shape index (κ2) is 8.41. The normalized spacial score (nSPS) is 21.8. The van der Waals surface area contributed by atoms with E-state index in [2.05, 4.69) is 11.8 Å². The lowest BCUT2D eigenvalue weighted by atomic mass is 9.98. The fourth-order valence-corrected chi connectivity index (χ4v) is 5.10. The molecular formula is C26H28FN3O2. The molecule has 0 bridgehead atoms. The van der Waals surface area contributed by atoms with E-state index in [0.29, 0.717) is 28.4 Å². The van der Waals surface area contributed by atoms with Gasteiger partial charge in [0.05, 0.1) is 11.3 Å². The summed E-state index contributed by atoms with van der Waals surface area (Å²) in [5.74, 6) is -0.558. The molecule has 2 amide bonds. The van der Waals surface area contributed by atoms with E-state index in [0.717, 1.165) is 44.7 Å². The Morgan fingerprint density at radius 3 is 2.06 bits per heavy atom. The number of nitrogens with zero attached hydrogens (tertiary/aromatic N) is 3. The number of piperidine rings is 1. The van der Waals surface area contributed by atoms with Gasteiger partial charge in [0.2, 0.25) is 0 Å². The molecule has 2 aromatic carbocycles. The number of halogens is 1. The molecule has 5 rings (SSSR count). The highest BCUT2D eigenvalue weighted by Crippen LogP contribution is 2.37. The number of benzene rings is 2.